The summed E-state index contributed by atoms with van der Waals surface area (Å²) in [5.41, 5.74) is 2.32. The van der Waals surface area contributed by atoms with Gasteiger partial charge in [-0.05, 0) is 55.0 Å². The number of halogens is 1. The second-order valence-corrected chi connectivity index (χ2v) is 9.75. The summed E-state index contributed by atoms with van der Waals surface area (Å²) in [6, 6.07) is 13.8. The van der Waals surface area contributed by atoms with Gasteiger partial charge < -0.3 is 29.7 Å². The number of nitrogens with zero attached hydrogens (tertiary/aromatic N) is 3. The molecule has 39 heavy (non-hydrogen) atoms. The second kappa shape index (κ2) is 12.1. The number of hydrogen-bond acceptors (Lipinski definition) is 6. The molecule has 1 aliphatic heterocycles. The number of hydrogen-bond donors (Lipinski definition) is 2. The Hall–Kier alpha value is -4.18. The number of fused-ring (bicyclic) bond motifs is 1. The molecule has 2 heterocycles. The van der Waals surface area contributed by atoms with Gasteiger partial charge in [-0.1, -0.05) is 19.1 Å². The van der Waals surface area contributed by atoms with Crippen LogP contribution in [0.25, 0.3) is 11.1 Å². The molecule has 0 bridgehead atoms. The van der Waals surface area contributed by atoms with Gasteiger partial charge >= 0.3 is 6.03 Å². The normalized spacial score (nSPS) is 17.8. The fraction of sp³-hybridized carbons (Fsp3) is 0.345. The predicted molar refractivity (Wildman–Crippen MR) is 145 cm³/mol. The first-order valence-electron chi connectivity index (χ1n) is 12.7. The number of carbonyl (C=O) groups excluding carboxylic acids is 2. The summed E-state index contributed by atoms with van der Waals surface area (Å²) in [6.07, 6.45) is 1.13. The summed E-state index contributed by atoms with van der Waals surface area (Å²) in [5.74, 6) is -0.000929. The maximum Gasteiger partial charge on any atom is 0.321 e. The molecule has 206 valence electrons. The molecule has 0 saturated carbocycles. The molecule has 0 unspecified atom stereocenters. The second-order valence-electron chi connectivity index (χ2n) is 9.75. The van der Waals surface area contributed by atoms with Crippen LogP contribution >= 0.6 is 0 Å². The lowest BCUT2D eigenvalue weighted by molar-refractivity contribution is 0.0356. The van der Waals surface area contributed by atoms with Gasteiger partial charge in [-0.2, -0.15) is 0 Å². The highest BCUT2D eigenvalue weighted by Gasteiger charge is 2.34. The Labute approximate surface area is 227 Å². The number of amides is 3. The zero-order chi connectivity index (χ0) is 28.1. The van der Waals surface area contributed by atoms with E-state index in [1.54, 1.807) is 38.2 Å². The topological polar surface area (TPSA) is 104 Å². The van der Waals surface area contributed by atoms with Crippen molar-refractivity contribution in [2.75, 3.05) is 39.2 Å². The lowest BCUT2D eigenvalue weighted by Crippen LogP contribution is -2.50. The molecule has 4 rings (SSSR count). The van der Waals surface area contributed by atoms with E-state index in [-0.39, 0.29) is 42.5 Å². The Morgan fingerprint density at radius 3 is 2.56 bits per heavy atom. The lowest BCUT2D eigenvalue weighted by atomic mass is 9.99. The minimum absolute atomic E-state index is 0.163. The third kappa shape index (κ3) is 6.46. The van der Waals surface area contributed by atoms with Gasteiger partial charge in [-0.15, -0.1) is 0 Å². The Morgan fingerprint density at radius 2 is 1.92 bits per heavy atom. The fourth-order valence-electron chi connectivity index (χ4n) is 4.37. The van der Waals surface area contributed by atoms with Crippen molar-refractivity contribution in [3.05, 3.63) is 72.2 Å². The van der Waals surface area contributed by atoms with Crippen molar-refractivity contribution in [2.45, 2.75) is 26.0 Å². The zero-order valence-electron chi connectivity index (χ0n) is 22.4. The molecule has 3 aromatic rings. The highest BCUT2D eigenvalue weighted by molar-refractivity contribution is 5.98. The number of pyridine rings is 1. The number of aliphatic hydroxyl groups is 1. The summed E-state index contributed by atoms with van der Waals surface area (Å²) in [4.78, 5) is 34.1. The third-order valence-electron chi connectivity index (χ3n) is 6.84. The molecular formula is C29H33FN4O5. The Bertz CT molecular complexity index is 1300. The zero-order valence-corrected chi connectivity index (χ0v) is 22.4. The molecule has 3 atom stereocenters. The largest absolute Gasteiger partial charge is 0.497 e. The van der Waals surface area contributed by atoms with Crippen LogP contribution in [-0.2, 0) is 0 Å². The Balaban J connectivity index is 1.61. The summed E-state index contributed by atoms with van der Waals surface area (Å²) in [6.45, 7) is 4.02. The molecule has 0 fully saturated rings. The summed E-state index contributed by atoms with van der Waals surface area (Å²) in [7, 11) is 3.23. The van der Waals surface area contributed by atoms with Gasteiger partial charge in [-0.3, -0.25) is 4.79 Å². The first kappa shape index (κ1) is 27.8. The van der Waals surface area contributed by atoms with E-state index in [4.69, 9.17) is 9.47 Å². The van der Waals surface area contributed by atoms with E-state index >= 15 is 0 Å². The van der Waals surface area contributed by atoms with Crippen LogP contribution in [0.3, 0.4) is 0 Å². The quantitative estimate of drug-likeness (QED) is 0.467. The van der Waals surface area contributed by atoms with Crippen molar-refractivity contribution in [1.29, 1.82) is 0 Å². The van der Waals surface area contributed by atoms with Gasteiger partial charge in [0.1, 0.15) is 23.2 Å². The maximum absolute atomic E-state index is 13.7. The molecule has 0 spiro atoms. The van der Waals surface area contributed by atoms with E-state index in [9.17, 15) is 19.1 Å². The van der Waals surface area contributed by atoms with E-state index in [1.165, 1.54) is 29.2 Å². The molecular weight excluding hydrogens is 503 g/mol. The first-order valence-corrected chi connectivity index (χ1v) is 12.7. The van der Waals surface area contributed by atoms with Crippen LogP contribution in [0.1, 0.15) is 24.2 Å². The van der Waals surface area contributed by atoms with E-state index in [0.717, 1.165) is 11.1 Å². The average Bonchev–Trinajstić information content (AvgIpc) is 2.95. The number of ether oxygens (including phenoxy) is 2. The van der Waals surface area contributed by atoms with E-state index in [2.05, 4.69) is 10.3 Å². The van der Waals surface area contributed by atoms with Crippen LogP contribution in [0.15, 0.2) is 60.8 Å². The third-order valence-corrected chi connectivity index (χ3v) is 6.84. The van der Waals surface area contributed by atoms with Crippen molar-refractivity contribution in [3.63, 3.8) is 0 Å². The summed E-state index contributed by atoms with van der Waals surface area (Å²) >= 11 is 0. The van der Waals surface area contributed by atoms with Crippen LogP contribution in [0.2, 0.25) is 0 Å². The van der Waals surface area contributed by atoms with Crippen LogP contribution in [-0.4, -0.2) is 77.8 Å². The summed E-state index contributed by atoms with van der Waals surface area (Å²) < 4.78 is 24.7. The number of urea groups is 1. The van der Waals surface area contributed by atoms with Gasteiger partial charge in [0.15, 0.2) is 0 Å². The number of aromatic nitrogens is 1. The van der Waals surface area contributed by atoms with Gasteiger partial charge in [0.05, 0.1) is 26.3 Å². The van der Waals surface area contributed by atoms with Crippen LogP contribution in [0.5, 0.6) is 11.6 Å². The molecule has 2 N–H and O–H groups in total. The number of nitrogens with one attached hydrogen (secondary N) is 1. The average molecular weight is 537 g/mol. The smallest absolute Gasteiger partial charge is 0.321 e. The number of aliphatic hydroxyl groups excluding tert-OH is 1. The Morgan fingerprint density at radius 1 is 1.23 bits per heavy atom. The molecule has 9 nitrogen and oxygen atoms in total. The van der Waals surface area contributed by atoms with Gasteiger partial charge in [-0.25, -0.2) is 14.2 Å². The van der Waals surface area contributed by atoms with Gasteiger partial charge in [0.25, 0.3) is 5.91 Å². The van der Waals surface area contributed by atoms with Crippen molar-refractivity contribution >= 4 is 17.6 Å². The first-order chi connectivity index (χ1) is 18.7. The van der Waals surface area contributed by atoms with Crippen molar-refractivity contribution in [2.24, 2.45) is 5.92 Å². The predicted octanol–water partition coefficient (Wildman–Crippen LogP) is 4.28. The summed E-state index contributed by atoms with van der Waals surface area (Å²) in [5, 5.41) is 12.6. The minimum atomic E-state index is -0.506. The van der Waals surface area contributed by atoms with E-state index in [1.807, 2.05) is 31.2 Å². The monoisotopic (exact) mass is 536 g/mol. The van der Waals surface area contributed by atoms with Crippen molar-refractivity contribution in [3.8, 4) is 22.8 Å². The molecule has 0 radical (unpaired) electrons. The standard InChI is InChI=1S/C29H33FN4O5/c1-18-15-34(19(2)17-35)28(36)25-13-21(20-5-11-24(38-4)12-6-20)14-31-27(25)39-26(18)16-33(3)29(37)32-23-9-7-22(30)8-10-23/h5-14,18-19,26,35H,15-17H2,1-4H3,(H,32,37)/t18-,19+,26-/m0/s1. The molecule has 10 heteroatoms. The molecule has 1 aliphatic rings. The number of benzene rings is 2. The van der Waals surface area contributed by atoms with Gasteiger partial charge in [0.2, 0.25) is 5.88 Å². The highest BCUT2D eigenvalue weighted by Crippen LogP contribution is 2.31. The highest BCUT2D eigenvalue weighted by atomic mass is 19.1. The number of carbonyl (C=O) groups is 2. The number of methoxy groups -OCH3 is 1. The molecule has 2 aromatic carbocycles. The molecule has 3 amide bonds. The van der Waals surface area contributed by atoms with Crippen molar-refractivity contribution < 1.29 is 28.6 Å². The van der Waals surface area contributed by atoms with Crippen LogP contribution in [0.4, 0.5) is 14.9 Å². The number of likely N-dealkylation sites (N-methyl/N-ethyl adjacent to an activating group) is 1. The molecule has 0 aliphatic carbocycles. The fourth-order valence-corrected chi connectivity index (χ4v) is 4.37. The maximum atomic E-state index is 13.7. The number of anilines is 1. The van der Waals surface area contributed by atoms with Crippen molar-refractivity contribution in [1.82, 2.24) is 14.8 Å². The molecule has 0 saturated heterocycles. The van der Waals surface area contributed by atoms with E-state index in [0.29, 0.717) is 18.0 Å². The van der Waals surface area contributed by atoms with Crippen LogP contribution < -0.4 is 14.8 Å². The van der Waals surface area contributed by atoms with E-state index < -0.39 is 18.0 Å². The Kier molecular flexibility index (Phi) is 8.65. The SMILES string of the molecule is COc1ccc(-c2cnc3c(c2)C(=O)N([C@H](C)CO)C[C@H](C)[C@H](CN(C)C(=O)Nc2ccc(F)cc2)O3)cc1. The van der Waals surface area contributed by atoms with Gasteiger partial charge in [0, 0.05) is 37.0 Å². The molecule has 1 aromatic heterocycles. The number of rotatable bonds is 7. The minimum Gasteiger partial charge on any atom is -0.497 e. The lowest BCUT2D eigenvalue weighted by Gasteiger charge is -2.37. The van der Waals surface area contributed by atoms with Crippen LogP contribution in [0, 0.1) is 11.7 Å².